The Morgan fingerprint density at radius 2 is 1.89 bits per heavy atom. The third-order valence-electron chi connectivity index (χ3n) is 5.28. The number of hydrogen-bond acceptors (Lipinski definition) is 8. The Labute approximate surface area is 211 Å². The van der Waals surface area contributed by atoms with Gasteiger partial charge in [0, 0.05) is 30.5 Å². The second-order valence-electron chi connectivity index (χ2n) is 7.99. The number of alkyl halides is 2. The van der Waals surface area contributed by atoms with Crippen molar-refractivity contribution in [1.82, 2.24) is 15.5 Å². The van der Waals surface area contributed by atoms with E-state index in [0.717, 1.165) is 0 Å². The predicted molar refractivity (Wildman–Crippen MR) is 134 cm³/mol. The van der Waals surface area contributed by atoms with Crippen molar-refractivity contribution in [2.75, 3.05) is 30.2 Å². The van der Waals surface area contributed by atoms with Crippen molar-refractivity contribution >= 4 is 32.3 Å². The molecule has 4 aromatic rings. The number of H-pyrrole nitrogens is 1. The summed E-state index contributed by atoms with van der Waals surface area (Å²) in [6, 6.07) is 17.2. The molecule has 1 heterocycles. The van der Waals surface area contributed by atoms with Gasteiger partial charge in [-0.15, -0.1) is 5.10 Å². The van der Waals surface area contributed by atoms with Crippen LogP contribution < -0.4 is 25.2 Å². The Hall–Kier alpha value is -3.94. The predicted octanol–water partition coefficient (Wildman–Crippen LogP) is 3.25. The van der Waals surface area contributed by atoms with Crippen LogP contribution in [0.1, 0.15) is 11.7 Å². The lowest BCUT2D eigenvalue weighted by Gasteiger charge is -2.15. The molecule has 0 saturated carbocycles. The summed E-state index contributed by atoms with van der Waals surface area (Å²) in [4.78, 5) is 0.0359. The molecule has 3 aromatic carbocycles. The van der Waals surface area contributed by atoms with Crippen LogP contribution in [0.2, 0.25) is 0 Å². The third-order valence-corrected chi connectivity index (χ3v) is 6.66. The number of nitrogens with one attached hydrogen (secondary N) is 3. The Kier molecular flexibility index (Phi) is 8.06. The fourth-order valence-corrected chi connectivity index (χ4v) is 4.64. The van der Waals surface area contributed by atoms with Gasteiger partial charge in [-0.05, 0) is 48.0 Å². The van der Waals surface area contributed by atoms with E-state index in [1.165, 1.54) is 12.1 Å². The Morgan fingerprint density at radius 3 is 2.68 bits per heavy atom. The minimum Gasteiger partial charge on any atom is -0.492 e. The largest absolute Gasteiger partial charge is 0.492 e. The minimum atomic E-state index is -3.84. The molecule has 0 amide bonds. The second-order valence-corrected chi connectivity index (χ2v) is 9.67. The SMILES string of the molecule is Nc1cccc(S(=O)(=O)Nc2cccc([C@@H](O)CNCCOc3ccc4c(OC(F)F)n[nH]c4c3)c2)c1. The molecule has 196 valence electrons. The van der Waals surface area contributed by atoms with Crippen molar-refractivity contribution < 1.29 is 31.8 Å². The average Bonchev–Trinajstić information content (AvgIpc) is 3.25. The van der Waals surface area contributed by atoms with Crippen LogP contribution in [0.4, 0.5) is 20.2 Å². The fourth-order valence-electron chi connectivity index (χ4n) is 3.54. The lowest BCUT2D eigenvalue weighted by molar-refractivity contribution is -0.0518. The highest BCUT2D eigenvalue weighted by Gasteiger charge is 2.16. The number of aromatic nitrogens is 2. The molecule has 4 rings (SSSR count). The molecule has 0 aliphatic heterocycles. The van der Waals surface area contributed by atoms with Crippen molar-refractivity contribution in [3.8, 4) is 11.6 Å². The maximum atomic E-state index is 12.6. The normalized spacial score (nSPS) is 12.5. The van der Waals surface area contributed by atoms with Crippen LogP contribution in [0.5, 0.6) is 11.6 Å². The molecule has 0 aliphatic carbocycles. The highest BCUT2D eigenvalue weighted by molar-refractivity contribution is 7.92. The summed E-state index contributed by atoms with van der Waals surface area (Å²) < 4.78 is 62.5. The van der Waals surface area contributed by atoms with Crippen LogP contribution in [0.15, 0.2) is 71.6 Å². The smallest absolute Gasteiger partial charge is 0.388 e. The van der Waals surface area contributed by atoms with E-state index in [9.17, 15) is 22.3 Å². The molecule has 0 aliphatic rings. The summed E-state index contributed by atoms with van der Waals surface area (Å²) >= 11 is 0. The number of nitrogens with zero attached hydrogens (tertiary/aromatic N) is 1. The van der Waals surface area contributed by atoms with Crippen LogP contribution >= 0.6 is 0 Å². The topological polar surface area (TPSA) is 152 Å². The van der Waals surface area contributed by atoms with E-state index in [0.29, 0.717) is 40.1 Å². The molecule has 0 unspecified atom stereocenters. The van der Waals surface area contributed by atoms with Gasteiger partial charge < -0.3 is 25.6 Å². The number of aromatic amines is 1. The zero-order valence-electron chi connectivity index (χ0n) is 19.4. The van der Waals surface area contributed by atoms with Gasteiger partial charge in [-0.1, -0.05) is 18.2 Å². The number of nitrogens with two attached hydrogens (primary N) is 1. The Morgan fingerprint density at radius 1 is 1.08 bits per heavy atom. The van der Waals surface area contributed by atoms with E-state index in [1.54, 1.807) is 54.6 Å². The molecule has 10 nitrogen and oxygen atoms in total. The van der Waals surface area contributed by atoms with E-state index in [4.69, 9.17) is 10.5 Å². The Balaban J connectivity index is 1.26. The highest BCUT2D eigenvalue weighted by atomic mass is 32.2. The summed E-state index contributed by atoms with van der Waals surface area (Å²) in [5, 5.41) is 20.3. The van der Waals surface area contributed by atoms with Crippen molar-refractivity contribution in [3.05, 3.63) is 72.3 Å². The number of rotatable bonds is 12. The van der Waals surface area contributed by atoms with Gasteiger partial charge >= 0.3 is 6.61 Å². The van der Waals surface area contributed by atoms with E-state index >= 15 is 0 Å². The number of anilines is 2. The molecular weight excluding hydrogens is 508 g/mol. The summed E-state index contributed by atoms with van der Waals surface area (Å²) in [5.74, 6) is 0.316. The first-order valence-electron chi connectivity index (χ1n) is 11.1. The van der Waals surface area contributed by atoms with Gasteiger partial charge in [0.25, 0.3) is 10.0 Å². The van der Waals surface area contributed by atoms with Crippen LogP contribution in [-0.2, 0) is 10.0 Å². The minimum absolute atomic E-state index is 0.0359. The van der Waals surface area contributed by atoms with Gasteiger partial charge in [-0.25, -0.2) is 8.42 Å². The Bertz CT molecular complexity index is 1460. The molecule has 6 N–H and O–H groups in total. The van der Waals surface area contributed by atoms with Crippen LogP contribution in [-0.4, -0.2) is 50.0 Å². The van der Waals surface area contributed by atoms with Gasteiger partial charge in [-0.2, -0.15) is 8.78 Å². The molecule has 1 aromatic heterocycles. The second kappa shape index (κ2) is 11.4. The number of ether oxygens (including phenoxy) is 2. The lowest BCUT2D eigenvalue weighted by atomic mass is 10.1. The highest BCUT2D eigenvalue weighted by Crippen LogP contribution is 2.27. The van der Waals surface area contributed by atoms with Crippen LogP contribution in [0, 0.1) is 0 Å². The summed E-state index contributed by atoms with van der Waals surface area (Å²) in [6.45, 7) is -2.10. The zero-order chi connectivity index (χ0) is 26.4. The first kappa shape index (κ1) is 26.1. The molecule has 0 spiro atoms. The molecule has 1 atom stereocenters. The van der Waals surface area contributed by atoms with Gasteiger partial charge in [0.1, 0.15) is 12.4 Å². The maximum Gasteiger partial charge on any atom is 0.388 e. The zero-order valence-corrected chi connectivity index (χ0v) is 20.2. The van der Waals surface area contributed by atoms with Crippen molar-refractivity contribution in [1.29, 1.82) is 0 Å². The summed E-state index contributed by atoms with van der Waals surface area (Å²) in [7, 11) is -3.84. The maximum absolute atomic E-state index is 12.6. The lowest BCUT2D eigenvalue weighted by Crippen LogP contribution is -2.26. The molecule has 0 fully saturated rings. The van der Waals surface area contributed by atoms with E-state index in [2.05, 4.69) is 25.0 Å². The summed E-state index contributed by atoms with van der Waals surface area (Å²) in [6.07, 6.45) is -0.897. The summed E-state index contributed by atoms with van der Waals surface area (Å²) in [5.41, 5.74) is 7.32. The quantitative estimate of drug-likeness (QED) is 0.138. The van der Waals surface area contributed by atoms with E-state index in [-0.39, 0.29) is 23.9 Å². The molecule has 0 bridgehead atoms. The fraction of sp³-hybridized carbons (Fsp3) is 0.208. The number of sulfonamides is 1. The average molecular weight is 534 g/mol. The number of hydrogen-bond donors (Lipinski definition) is 5. The third kappa shape index (κ3) is 6.84. The monoisotopic (exact) mass is 533 g/mol. The van der Waals surface area contributed by atoms with Crippen LogP contribution in [0.25, 0.3) is 10.9 Å². The van der Waals surface area contributed by atoms with Crippen molar-refractivity contribution in [3.63, 3.8) is 0 Å². The van der Waals surface area contributed by atoms with Gasteiger partial charge in [0.2, 0.25) is 5.88 Å². The standard InChI is InChI=1S/C24H25F2N5O5S/c25-24(26)36-23-20-8-7-18(13-21(20)29-30-23)35-10-9-28-14-22(32)15-3-1-5-17(11-15)31-37(33,34)19-6-2-4-16(27)12-19/h1-8,11-13,22,24,28,31-32H,9-10,14,27H2,(H,29,30)/t22-/m0/s1. The number of nitrogen functional groups attached to an aromatic ring is 1. The first-order chi connectivity index (χ1) is 17.7. The molecule has 0 radical (unpaired) electrons. The van der Waals surface area contributed by atoms with Crippen molar-refractivity contribution in [2.24, 2.45) is 0 Å². The molecule has 13 heteroatoms. The number of halogens is 2. The number of aliphatic hydroxyl groups excluding tert-OH is 1. The van der Waals surface area contributed by atoms with Crippen LogP contribution in [0.3, 0.4) is 0 Å². The molecular formula is C24H25F2N5O5S. The van der Waals surface area contributed by atoms with E-state index < -0.39 is 22.7 Å². The van der Waals surface area contributed by atoms with Gasteiger partial charge in [-0.3, -0.25) is 9.82 Å². The molecule has 37 heavy (non-hydrogen) atoms. The van der Waals surface area contributed by atoms with Gasteiger partial charge in [0.05, 0.1) is 21.9 Å². The van der Waals surface area contributed by atoms with Gasteiger partial charge in [0.15, 0.2) is 0 Å². The molecule has 0 saturated heterocycles. The van der Waals surface area contributed by atoms with E-state index in [1.807, 2.05) is 0 Å². The number of benzene rings is 3. The number of fused-ring (bicyclic) bond motifs is 1. The number of aliphatic hydroxyl groups is 1. The first-order valence-corrected chi connectivity index (χ1v) is 12.6. The van der Waals surface area contributed by atoms with Crippen molar-refractivity contribution in [2.45, 2.75) is 17.6 Å².